The second-order valence-corrected chi connectivity index (χ2v) is 5.73. The van der Waals surface area contributed by atoms with Gasteiger partial charge < -0.3 is 14.5 Å². The number of carbonyl (C=O) groups excluding carboxylic acids is 3. The standard InChI is InChI=1S/C17H19ClN2O4/c1-19(2)14-15(20(8-9-24-3)13(21)10-18)17(23)12-7-5-4-6-11(12)16(14)22/h4-7H,8-10H2,1-3H3. The number of rotatable bonds is 6. The average molecular weight is 351 g/mol. The quantitative estimate of drug-likeness (QED) is 0.728. The summed E-state index contributed by atoms with van der Waals surface area (Å²) in [6, 6.07) is 6.58. The van der Waals surface area contributed by atoms with Crippen LogP contribution >= 0.6 is 11.6 Å². The number of hydrogen-bond donors (Lipinski definition) is 0. The lowest BCUT2D eigenvalue weighted by atomic mass is 9.89. The number of ketones is 2. The van der Waals surface area contributed by atoms with Crippen LogP contribution in [0.3, 0.4) is 0 Å². The molecule has 0 unspecified atom stereocenters. The van der Waals surface area contributed by atoms with E-state index in [1.165, 1.54) is 12.0 Å². The van der Waals surface area contributed by atoms with E-state index in [4.69, 9.17) is 16.3 Å². The third-order valence-corrected chi connectivity index (χ3v) is 3.95. The SMILES string of the molecule is COCCN(C(=O)CCl)C1=C(N(C)C)C(=O)c2ccccc2C1=O. The minimum Gasteiger partial charge on any atom is -0.383 e. The Morgan fingerprint density at radius 3 is 2.08 bits per heavy atom. The largest absolute Gasteiger partial charge is 0.383 e. The van der Waals surface area contributed by atoms with Crippen molar-refractivity contribution in [2.24, 2.45) is 0 Å². The molecule has 1 aromatic rings. The van der Waals surface area contributed by atoms with Crippen LogP contribution in [0, 0.1) is 0 Å². The lowest BCUT2D eigenvalue weighted by Crippen LogP contribution is -2.43. The molecule has 1 aliphatic carbocycles. The molecule has 0 atom stereocenters. The average Bonchev–Trinajstić information content (AvgIpc) is 2.58. The minimum absolute atomic E-state index is 0.0476. The number of methoxy groups -OCH3 is 1. The van der Waals surface area contributed by atoms with E-state index >= 15 is 0 Å². The molecule has 7 heteroatoms. The normalized spacial score (nSPS) is 13.8. The number of hydrogen-bond acceptors (Lipinski definition) is 5. The third-order valence-electron chi connectivity index (χ3n) is 3.72. The van der Waals surface area contributed by atoms with Crippen molar-refractivity contribution < 1.29 is 19.1 Å². The van der Waals surface area contributed by atoms with Crippen molar-refractivity contribution in [1.82, 2.24) is 9.80 Å². The predicted molar refractivity (Wildman–Crippen MR) is 90.1 cm³/mol. The van der Waals surface area contributed by atoms with Gasteiger partial charge in [0.05, 0.1) is 6.61 Å². The maximum absolute atomic E-state index is 13.0. The number of benzene rings is 1. The number of allylic oxidation sites excluding steroid dienone is 2. The van der Waals surface area contributed by atoms with E-state index < -0.39 is 5.91 Å². The number of nitrogens with zero attached hydrogens (tertiary/aromatic N) is 2. The number of amides is 1. The summed E-state index contributed by atoms with van der Waals surface area (Å²) in [6.07, 6.45) is 0. The predicted octanol–water partition coefficient (Wildman–Crippen LogP) is 1.55. The van der Waals surface area contributed by atoms with Gasteiger partial charge in [0.15, 0.2) is 0 Å². The monoisotopic (exact) mass is 350 g/mol. The summed E-state index contributed by atoms with van der Waals surface area (Å²) in [7, 11) is 4.82. The summed E-state index contributed by atoms with van der Waals surface area (Å²) in [6.45, 7) is 0.353. The molecule has 0 radical (unpaired) electrons. The second kappa shape index (κ2) is 7.59. The van der Waals surface area contributed by atoms with Crippen LogP contribution in [0.2, 0.25) is 0 Å². The molecule has 1 aliphatic rings. The lowest BCUT2D eigenvalue weighted by molar-refractivity contribution is -0.127. The molecule has 0 bridgehead atoms. The molecule has 0 saturated heterocycles. The van der Waals surface area contributed by atoms with Crippen molar-refractivity contribution in [2.45, 2.75) is 0 Å². The lowest BCUT2D eigenvalue weighted by Gasteiger charge is -2.32. The first-order valence-electron chi connectivity index (χ1n) is 7.39. The molecule has 0 heterocycles. The first-order chi connectivity index (χ1) is 11.4. The molecule has 0 N–H and O–H groups in total. The van der Waals surface area contributed by atoms with E-state index in [9.17, 15) is 14.4 Å². The van der Waals surface area contributed by atoms with Gasteiger partial charge in [0.2, 0.25) is 17.5 Å². The van der Waals surface area contributed by atoms with E-state index in [0.29, 0.717) is 5.56 Å². The Hall–Kier alpha value is -2.18. The minimum atomic E-state index is -0.455. The number of alkyl halides is 1. The van der Waals surface area contributed by atoms with E-state index in [1.807, 2.05) is 0 Å². The second-order valence-electron chi connectivity index (χ2n) is 5.47. The first kappa shape index (κ1) is 18.2. The number of Topliss-reactive ketones (excluding diaryl/α,β-unsaturated/α-hetero) is 2. The van der Waals surface area contributed by atoms with Gasteiger partial charge in [-0.15, -0.1) is 11.6 Å². The molecule has 128 valence electrons. The van der Waals surface area contributed by atoms with E-state index in [0.717, 1.165) is 0 Å². The van der Waals surface area contributed by atoms with Crippen LogP contribution in [0.1, 0.15) is 20.7 Å². The third kappa shape index (κ3) is 3.20. The highest BCUT2D eigenvalue weighted by Crippen LogP contribution is 2.29. The number of ether oxygens (including phenoxy) is 1. The van der Waals surface area contributed by atoms with Gasteiger partial charge in [-0.25, -0.2) is 0 Å². The Kier molecular flexibility index (Phi) is 5.75. The van der Waals surface area contributed by atoms with Gasteiger partial charge in [-0.1, -0.05) is 24.3 Å². The summed E-state index contributed by atoms with van der Waals surface area (Å²) in [5.74, 6) is -1.42. The molecule has 0 aliphatic heterocycles. The van der Waals surface area contributed by atoms with Crippen LogP contribution in [0.4, 0.5) is 0 Å². The van der Waals surface area contributed by atoms with Crippen LogP contribution < -0.4 is 0 Å². The highest BCUT2D eigenvalue weighted by molar-refractivity contribution is 6.30. The molecule has 1 aromatic carbocycles. The van der Waals surface area contributed by atoms with Gasteiger partial charge in [-0.2, -0.15) is 0 Å². The number of halogens is 1. The highest BCUT2D eigenvalue weighted by atomic mass is 35.5. The number of fused-ring (bicyclic) bond motifs is 1. The van der Waals surface area contributed by atoms with E-state index in [-0.39, 0.29) is 47.6 Å². The molecule has 0 saturated carbocycles. The Bertz CT molecular complexity index is 712. The topological polar surface area (TPSA) is 66.9 Å². The summed E-state index contributed by atoms with van der Waals surface area (Å²) in [5.41, 5.74) is 0.840. The van der Waals surface area contributed by atoms with Gasteiger partial charge in [0.25, 0.3) is 0 Å². The van der Waals surface area contributed by atoms with E-state index in [2.05, 4.69) is 0 Å². The van der Waals surface area contributed by atoms with Crippen molar-refractivity contribution in [3.8, 4) is 0 Å². The van der Waals surface area contributed by atoms with Gasteiger partial charge in [0.1, 0.15) is 17.3 Å². The molecule has 0 fully saturated rings. The molecular weight excluding hydrogens is 332 g/mol. The van der Waals surface area contributed by atoms with Crippen LogP contribution in [0.5, 0.6) is 0 Å². The zero-order chi connectivity index (χ0) is 17.9. The maximum Gasteiger partial charge on any atom is 0.242 e. The van der Waals surface area contributed by atoms with Crippen LogP contribution in [-0.4, -0.2) is 67.5 Å². The molecule has 0 spiro atoms. The van der Waals surface area contributed by atoms with Gasteiger partial charge in [-0.05, 0) is 0 Å². The highest BCUT2D eigenvalue weighted by Gasteiger charge is 2.37. The van der Waals surface area contributed by atoms with Crippen LogP contribution in [0.15, 0.2) is 35.7 Å². The maximum atomic E-state index is 13.0. The summed E-state index contributed by atoms with van der Waals surface area (Å²) >= 11 is 5.69. The number of carbonyl (C=O) groups is 3. The van der Waals surface area contributed by atoms with Crippen molar-refractivity contribution in [3.05, 3.63) is 46.8 Å². The molecule has 2 rings (SSSR count). The molecular formula is C17H19ClN2O4. The molecule has 0 aromatic heterocycles. The fourth-order valence-electron chi connectivity index (χ4n) is 2.63. The Morgan fingerprint density at radius 2 is 1.62 bits per heavy atom. The van der Waals surface area contributed by atoms with Gasteiger partial charge in [-0.3, -0.25) is 14.4 Å². The fourth-order valence-corrected chi connectivity index (χ4v) is 2.77. The summed E-state index contributed by atoms with van der Waals surface area (Å²) < 4.78 is 5.02. The summed E-state index contributed by atoms with van der Waals surface area (Å²) in [4.78, 5) is 40.9. The zero-order valence-corrected chi connectivity index (χ0v) is 14.6. The Balaban J connectivity index is 2.65. The fraction of sp³-hybridized carbons (Fsp3) is 0.353. The number of likely N-dealkylation sites (N-methyl/N-ethyl adjacent to an activating group) is 1. The van der Waals surface area contributed by atoms with Crippen molar-refractivity contribution >= 4 is 29.1 Å². The van der Waals surface area contributed by atoms with Crippen molar-refractivity contribution in [3.63, 3.8) is 0 Å². The van der Waals surface area contributed by atoms with Crippen LogP contribution in [0.25, 0.3) is 0 Å². The van der Waals surface area contributed by atoms with E-state index in [1.54, 1.807) is 43.3 Å². The van der Waals surface area contributed by atoms with Gasteiger partial charge in [0, 0.05) is 38.9 Å². The molecule has 1 amide bonds. The zero-order valence-electron chi connectivity index (χ0n) is 13.8. The molecule has 24 heavy (non-hydrogen) atoms. The van der Waals surface area contributed by atoms with Crippen molar-refractivity contribution in [1.29, 1.82) is 0 Å². The van der Waals surface area contributed by atoms with Crippen molar-refractivity contribution in [2.75, 3.05) is 40.2 Å². The van der Waals surface area contributed by atoms with Gasteiger partial charge >= 0.3 is 0 Å². The molecule has 6 nitrogen and oxygen atoms in total. The summed E-state index contributed by atoms with van der Waals surface area (Å²) in [5, 5.41) is 0. The Morgan fingerprint density at radius 1 is 1.08 bits per heavy atom. The first-order valence-corrected chi connectivity index (χ1v) is 7.92. The Labute approximate surface area is 145 Å². The van der Waals surface area contributed by atoms with Crippen LogP contribution in [-0.2, 0) is 9.53 Å². The smallest absolute Gasteiger partial charge is 0.242 e.